The van der Waals surface area contributed by atoms with Gasteiger partial charge in [-0.3, -0.25) is 9.20 Å². The Morgan fingerprint density at radius 3 is 1.98 bits per heavy atom. The molecule has 0 fully saturated rings. The highest BCUT2D eigenvalue weighted by atomic mass is 16.1. The highest BCUT2D eigenvalue weighted by Crippen LogP contribution is 2.44. The summed E-state index contributed by atoms with van der Waals surface area (Å²) in [4.78, 5) is 20.2. The summed E-state index contributed by atoms with van der Waals surface area (Å²) < 4.78 is 1.90. The maximum atomic E-state index is 14.8. The van der Waals surface area contributed by atoms with E-state index in [2.05, 4.69) is 121 Å². The summed E-state index contributed by atoms with van der Waals surface area (Å²) >= 11 is 0. The molecule has 1 aliphatic rings. The molecule has 1 aliphatic carbocycles. The monoisotopic (exact) mass is 576 g/mol. The lowest BCUT2D eigenvalue weighted by atomic mass is 9.85. The van der Waals surface area contributed by atoms with Crippen molar-refractivity contribution in [3.8, 4) is 33.4 Å². The minimum Gasteiger partial charge on any atom is -0.268 e. The number of pyridine rings is 1. The summed E-state index contributed by atoms with van der Waals surface area (Å²) in [6, 6.07) is 44.1. The third-order valence-corrected chi connectivity index (χ3v) is 9.28. The van der Waals surface area contributed by atoms with Crippen molar-refractivity contribution in [3.63, 3.8) is 0 Å². The van der Waals surface area contributed by atoms with Gasteiger partial charge in [0.05, 0.1) is 11.0 Å². The average molecular weight is 577 g/mol. The lowest BCUT2D eigenvalue weighted by Crippen LogP contribution is -2.14. The molecule has 0 spiro atoms. The second-order valence-corrected chi connectivity index (χ2v) is 11.8. The highest BCUT2D eigenvalue weighted by molar-refractivity contribution is 6.20. The van der Waals surface area contributed by atoms with Crippen LogP contribution in [0.2, 0.25) is 0 Å². The fourth-order valence-electron chi connectivity index (χ4n) is 7.25. The van der Waals surface area contributed by atoms with E-state index in [9.17, 15) is 4.79 Å². The molecule has 0 aliphatic heterocycles. The molecular formula is C42H28N2O. The van der Waals surface area contributed by atoms with Gasteiger partial charge >= 0.3 is 0 Å². The van der Waals surface area contributed by atoms with Crippen molar-refractivity contribution in [2.45, 2.75) is 12.3 Å². The summed E-state index contributed by atoms with van der Waals surface area (Å²) in [6.45, 7) is 0. The van der Waals surface area contributed by atoms with Crippen LogP contribution in [0.4, 0.5) is 0 Å². The standard InChI is InChI=1S/C42H28N2O/c45-42-34-23-13-22-32-31(27-14-5-1-6-15-27)24-25-33(38(32)34)41-43-39-36(29-18-9-3-10-19-29)26-35(28-16-7-2-8-17-28)37(40(39)44(41)42)30-20-11-4-12-21-30/h1-18,20-26,29H,19H2. The number of allylic oxidation sites excluding steroid dienone is 4. The van der Waals surface area contributed by atoms with Crippen LogP contribution in [0.15, 0.2) is 156 Å². The van der Waals surface area contributed by atoms with E-state index in [1.165, 1.54) is 0 Å². The smallest absolute Gasteiger partial charge is 0.264 e. The van der Waals surface area contributed by atoms with E-state index >= 15 is 0 Å². The second kappa shape index (κ2) is 10.1. The fourth-order valence-corrected chi connectivity index (χ4v) is 7.25. The van der Waals surface area contributed by atoms with Crippen LogP contribution < -0.4 is 5.56 Å². The molecule has 2 heterocycles. The first-order valence-corrected chi connectivity index (χ1v) is 15.5. The van der Waals surface area contributed by atoms with Gasteiger partial charge in [-0.1, -0.05) is 133 Å². The second-order valence-electron chi connectivity index (χ2n) is 11.8. The number of nitrogens with zero attached hydrogens (tertiary/aromatic N) is 2. The Morgan fingerprint density at radius 1 is 0.622 bits per heavy atom. The molecule has 0 N–H and O–H groups in total. The van der Waals surface area contributed by atoms with E-state index in [4.69, 9.17) is 4.98 Å². The minimum atomic E-state index is -0.0387. The number of hydrogen-bond acceptors (Lipinski definition) is 2. The SMILES string of the molecule is O=c1c2cccc3c(-c4ccccc4)ccc(c32)c2nc3c(C4C=CC=CC4)cc(-c4ccccc4)c(-c4ccccc4)c3n12. The predicted molar refractivity (Wildman–Crippen MR) is 187 cm³/mol. The molecule has 0 saturated heterocycles. The van der Waals surface area contributed by atoms with Gasteiger partial charge in [-0.15, -0.1) is 0 Å². The first kappa shape index (κ1) is 25.7. The molecule has 212 valence electrons. The lowest BCUT2D eigenvalue weighted by molar-refractivity contribution is 0.860. The van der Waals surface area contributed by atoms with Crippen LogP contribution in [0.3, 0.4) is 0 Å². The number of rotatable bonds is 4. The van der Waals surface area contributed by atoms with Gasteiger partial charge < -0.3 is 0 Å². The first-order chi connectivity index (χ1) is 22.3. The summed E-state index contributed by atoms with van der Waals surface area (Å²) in [5.41, 5.74) is 10.1. The lowest BCUT2D eigenvalue weighted by Gasteiger charge is -2.19. The topological polar surface area (TPSA) is 34.4 Å². The number of hydrogen-bond donors (Lipinski definition) is 0. The molecule has 1 atom stereocenters. The van der Waals surface area contributed by atoms with E-state index in [1.54, 1.807) is 0 Å². The zero-order chi connectivity index (χ0) is 29.9. The maximum Gasteiger partial charge on any atom is 0.264 e. The van der Waals surface area contributed by atoms with Gasteiger partial charge in [-0.25, -0.2) is 4.98 Å². The van der Waals surface area contributed by atoms with Crippen molar-refractivity contribution in [1.29, 1.82) is 0 Å². The van der Waals surface area contributed by atoms with Crippen LogP contribution in [-0.2, 0) is 0 Å². The molecule has 8 aromatic rings. The molecule has 45 heavy (non-hydrogen) atoms. The van der Waals surface area contributed by atoms with E-state index in [0.717, 1.165) is 72.6 Å². The summed E-state index contributed by atoms with van der Waals surface area (Å²) in [7, 11) is 0. The quantitative estimate of drug-likeness (QED) is 0.209. The van der Waals surface area contributed by atoms with Crippen LogP contribution >= 0.6 is 0 Å². The van der Waals surface area contributed by atoms with E-state index in [1.807, 2.05) is 34.7 Å². The largest absolute Gasteiger partial charge is 0.268 e. The number of imidazole rings is 1. The Labute approximate surface area is 260 Å². The maximum absolute atomic E-state index is 14.8. The number of benzene rings is 6. The van der Waals surface area contributed by atoms with Crippen molar-refractivity contribution < 1.29 is 0 Å². The van der Waals surface area contributed by atoms with Gasteiger partial charge in [0.15, 0.2) is 0 Å². The van der Waals surface area contributed by atoms with Crippen molar-refractivity contribution in [2.24, 2.45) is 0 Å². The van der Waals surface area contributed by atoms with Gasteiger partial charge in [-0.05, 0) is 63.4 Å². The van der Waals surface area contributed by atoms with E-state index in [0.29, 0.717) is 11.0 Å². The summed E-state index contributed by atoms with van der Waals surface area (Å²) in [5.74, 6) is 0.152. The third-order valence-electron chi connectivity index (χ3n) is 9.28. The Balaban J connectivity index is 1.49. The third kappa shape index (κ3) is 3.91. The molecule has 3 nitrogen and oxygen atoms in total. The first-order valence-electron chi connectivity index (χ1n) is 15.5. The average Bonchev–Trinajstić information content (AvgIpc) is 3.52. The van der Waals surface area contributed by atoms with Crippen LogP contribution in [0.25, 0.3) is 71.6 Å². The fraction of sp³-hybridized carbons (Fsp3) is 0.0476. The summed E-state index contributed by atoms with van der Waals surface area (Å²) in [5, 5.41) is 3.73. The Morgan fingerprint density at radius 2 is 1.29 bits per heavy atom. The molecule has 0 amide bonds. The molecule has 0 radical (unpaired) electrons. The summed E-state index contributed by atoms with van der Waals surface area (Å²) in [6.07, 6.45) is 9.58. The van der Waals surface area contributed by atoms with E-state index in [-0.39, 0.29) is 11.5 Å². The number of aromatic nitrogens is 2. The van der Waals surface area contributed by atoms with Gasteiger partial charge in [0.1, 0.15) is 5.65 Å². The Kier molecular flexibility index (Phi) is 5.79. The molecule has 1 unspecified atom stereocenters. The van der Waals surface area contributed by atoms with Crippen molar-refractivity contribution in [2.75, 3.05) is 0 Å². The van der Waals surface area contributed by atoms with Crippen LogP contribution in [0.1, 0.15) is 17.9 Å². The van der Waals surface area contributed by atoms with Crippen LogP contribution in [0, 0.1) is 0 Å². The molecule has 0 saturated carbocycles. The van der Waals surface area contributed by atoms with Crippen LogP contribution in [-0.4, -0.2) is 9.38 Å². The van der Waals surface area contributed by atoms with Gasteiger partial charge in [-0.2, -0.15) is 0 Å². The molecule has 0 bridgehead atoms. The van der Waals surface area contributed by atoms with E-state index < -0.39 is 0 Å². The van der Waals surface area contributed by atoms with Crippen molar-refractivity contribution in [1.82, 2.24) is 9.38 Å². The zero-order valence-electron chi connectivity index (χ0n) is 24.5. The Hall–Kier alpha value is -5.80. The van der Waals surface area contributed by atoms with Crippen LogP contribution in [0.5, 0.6) is 0 Å². The van der Waals surface area contributed by atoms with Crippen molar-refractivity contribution in [3.05, 3.63) is 168 Å². The Bertz CT molecular complexity index is 2510. The predicted octanol–water partition coefficient (Wildman–Crippen LogP) is 10.2. The number of fused-ring (bicyclic) bond motifs is 4. The van der Waals surface area contributed by atoms with Gasteiger partial charge in [0.2, 0.25) is 0 Å². The molecule has 6 aromatic carbocycles. The van der Waals surface area contributed by atoms with Gasteiger partial charge in [0, 0.05) is 27.6 Å². The normalized spacial score (nSPS) is 14.7. The minimum absolute atomic E-state index is 0.0387. The zero-order valence-corrected chi connectivity index (χ0v) is 24.5. The molecule has 2 aromatic heterocycles. The van der Waals surface area contributed by atoms with Crippen molar-refractivity contribution >= 4 is 38.2 Å². The van der Waals surface area contributed by atoms with Gasteiger partial charge in [0.25, 0.3) is 5.56 Å². The molecule has 9 rings (SSSR count). The highest BCUT2D eigenvalue weighted by Gasteiger charge is 2.26. The molecular weight excluding hydrogens is 548 g/mol. The molecule has 3 heteroatoms.